The lowest BCUT2D eigenvalue weighted by Crippen LogP contribution is -2.60. The fourth-order valence-corrected chi connectivity index (χ4v) is 6.49. The number of hydrogen-bond donors (Lipinski definition) is 1. The summed E-state index contributed by atoms with van der Waals surface area (Å²) in [5.74, 6) is -1.67. The molecule has 8 nitrogen and oxygen atoms in total. The second-order valence-corrected chi connectivity index (χ2v) is 12.2. The van der Waals surface area contributed by atoms with Gasteiger partial charge in [0.15, 0.2) is 11.4 Å². The van der Waals surface area contributed by atoms with Crippen LogP contribution in [0, 0.1) is 11.7 Å². The molecule has 232 valence electrons. The molecular formula is C35H33ClFN3O5. The smallest absolute Gasteiger partial charge is 0.274 e. The lowest BCUT2D eigenvalue weighted by atomic mass is 9.67. The zero-order valence-electron chi connectivity index (χ0n) is 24.8. The van der Waals surface area contributed by atoms with Crippen LogP contribution in [0.4, 0.5) is 4.39 Å². The third-order valence-corrected chi connectivity index (χ3v) is 8.79. The van der Waals surface area contributed by atoms with E-state index in [1.807, 2.05) is 60.7 Å². The maximum Gasteiger partial charge on any atom is 0.274 e. The van der Waals surface area contributed by atoms with Gasteiger partial charge in [0, 0.05) is 31.9 Å². The molecular weight excluding hydrogens is 597 g/mol. The van der Waals surface area contributed by atoms with Crippen LogP contribution < -0.4 is 15.5 Å². The van der Waals surface area contributed by atoms with Crippen molar-refractivity contribution in [3.05, 3.63) is 134 Å². The van der Waals surface area contributed by atoms with E-state index in [1.54, 1.807) is 22.6 Å². The van der Waals surface area contributed by atoms with Crippen LogP contribution in [0.15, 0.2) is 89.9 Å². The summed E-state index contributed by atoms with van der Waals surface area (Å²) in [5.41, 5.74) is 0.738. The molecule has 2 aliphatic rings. The molecule has 1 fully saturated rings. The number of ether oxygens (including phenoxy) is 2. The maximum atomic E-state index is 14.5. The predicted molar refractivity (Wildman–Crippen MR) is 168 cm³/mol. The van der Waals surface area contributed by atoms with E-state index in [1.165, 1.54) is 18.3 Å². The van der Waals surface area contributed by atoms with Gasteiger partial charge in [-0.25, -0.2) is 4.39 Å². The lowest BCUT2D eigenvalue weighted by Gasteiger charge is -2.54. The number of carbonyl (C=O) groups is 2. The van der Waals surface area contributed by atoms with Gasteiger partial charge in [-0.3, -0.25) is 14.4 Å². The number of pyridine rings is 1. The highest BCUT2D eigenvalue weighted by atomic mass is 35.5. The highest BCUT2D eigenvalue weighted by molar-refractivity contribution is 6.30. The number of nitrogens with one attached hydrogen (secondary N) is 1. The largest absolute Gasteiger partial charge is 0.483 e. The van der Waals surface area contributed by atoms with E-state index >= 15 is 0 Å². The van der Waals surface area contributed by atoms with Gasteiger partial charge in [0.1, 0.15) is 18.0 Å². The topological polar surface area (TPSA) is 89.9 Å². The second-order valence-electron chi connectivity index (χ2n) is 11.8. The van der Waals surface area contributed by atoms with Crippen LogP contribution in [0.5, 0.6) is 5.75 Å². The number of carbonyl (C=O) groups excluding carboxylic acids is 2. The van der Waals surface area contributed by atoms with Crippen LogP contribution in [-0.4, -0.2) is 41.5 Å². The molecule has 0 saturated heterocycles. The molecule has 2 heterocycles. The van der Waals surface area contributed by atoms with Gasteiger partial charge in [-0.15, -0.1) is 0 Å². The van der Waals surface area contributed by atoms with E-state index in [0.29, 0.717) is 32.6 Å². The first kappa shape index (κ1) is 30.6. The second kappa shape index (κ2) is 12.9. The van der Waals surface area contributed by atoms with Gasteiger partial charge in [0.2, 0.25) is 5.43 Å². The standard InChI is InChI=1S/C35H33ClFN3O5/c1-39-22-35(15-25(16-35)20-44-19-23-9-4-2-5-10-23)40-18-27(33(42)38-17-26-13-8-14-28(36)29(26)37)31(41)32(30(40)34(39)43)45-21-24-11-6-3-7-12-24/h2-14,18,25H,15-17,19-22H2,1H3,(H,38,42)/t25-,35-. The van der Waals surface area contributed by atoms with Crippen LogP contribution in [-0.2, 0) is 30.0 Å². The normalized spacial score (nSPS) is 18.8. The number of hydrogen-bond acceptors (Lipinski definition) is 5. The summed E-state index contributed by atoms with van der Waals surface area (Å²) in [4.78, 5) is 42.6. The minimum atomic E-state index is -0.706. The molecule has 0 atom stereocenters. The first-order valence-electron chi connectivity index (χ1n) is 14.8. The average molecular weight is 630 g/mol. The lowest BCUT2D eigenvalue weighted by molar-refractivity contribution is -0.0324. The summed E-state index contributed by atoms with van der Waals surface area (Å²) in [6, 6.07) is 23.7. The van der Waals surface area contributed by atoms with E-state index < -0.39 is 22.7 Å². The summed E-state index contributed by atoms with van der Waals surface area (Å²) in [6.45, 7) is 1.30. The molecule has 1 saturated carbocycles. The molecule has 1 aromatic heterocycles. The van der Waals surface area contributed by atoms with Crippen LogP contribution in [0.2, 0.25) is 5.02 Å². The van der Waals surface area contributed by atoms with Crippen molar-refractivity contribution in [1.29, 1.82) is 0 Å². The Labute approximate surface area is 265 Å². The Morgan fingerprint density at radius 3 is 2.33 bits per heavy atom. The molecule has 0 radical (unpaired) electrons. The Bertz CT molecular complexity index is 1770. The molecule has 10 heteroatoms. The van der Waals surface area contributed by atoms with Crippen molar-refractivity contribution in [2.75, 3.05) is 20.2 Å². The number of aromatic nitrogens is 1. The molecule has 0 bridgehead atoms. The van der Waals surface area contributed by atoms with Crippen LogP contribution >= 0.6 is 11.6 Å². The number of fused-ring (bicyclic) bond motifs is 2. The third-order valence-electron chi connectivity index (χ3n) is 8.50. The molecule has 1 spiro atoms. The molecule has 1 N–H and O–H groups in total. The number of amides is 2. The molecule has 2 amide bonds. The van der Waals surface area contributed by atoms with Crippen LogP contribution in [0.25, 0.3) is 0 Å². The van der Waals surface area contributed by atoms with Gasteiger partial charge >= 0.3 is 0 Å². The molecule has 1 aliphatic heterocycles. The minimum absolute atomic E-state index is 0.0296. The van der Waals surface area contributed by atoms with Gasteiger partial charge < -0.3 is 24.3 Å². The van der Waals surface area contributed by atoms with Gasteiger partial charge in [-0.1, -0.05) is 84.4 Å². The van der Waals surface area contributed by atoms with E-state index in [-0.39, 0.29) is 52.6 Å². The highest BCUT2D eigenvalue weighted by Crippen LogP contribution is 2.48. The first-order chi connectivity index (χ1) is 21.8. The number of rotatable bonds is 10. The summed E-state index contributed by atoms with van der Waals surface area (Å²) >= 11 is 5.91. The summed E-state index contributed by atoms with van der Waals surface area (Å²) < 4.78 is 28.4. The molecule has 3 aromatic carbocycles. The zero-order valence-corrected chi connectivity index (χ0v) is 25.6. The number of likely N-dealkylation sites (N-methyl/N-ethyl adjacent to an activating group) is 1. The number of halogens is 2. The Kier molecular flexibility index (Phi) is 8.74. The monoisotopic (exact) mass is 629 g/mol. The van der Waals surface area contributed by atoms with Crippen molar-refractivity contribution in [3.63, 3.8) is 0 Å². The Hall–Kier alpha value is -4.47. The quantitative estimate of drug-likeness (QED) is 0.248. The molecule has 4 aromatic rings. The van der Waals surface area contributed by atoms with Crippen molar-refractivity contribution in [2.45, 2.75) is 38.1 Å². The van der Waals surface area contributed by atoms with Crippen molar-refractivity contribution in [3.8, 4) is 5.75 Å². The summed E-state index contributed by atoms with van der Waals surface area (Å²) in [5, 5.41) is 2.58. The third kappa shape index (κ3) is 6.23. The predicted octanol–water partition coefficient (Wildman–Crippen LogP) is 5.56. The summed E-state index contributed by atoms with van der Waals surface area (Å²) in [6.07, 6.45) is 2.83. The van der Waals surface area contributed by atoms with Gasteiger partial charge in [0.05, 0.1) is 23.8 Å². The fraction of sp³-hybridized carbons (Fsp3) is 0.286. The maximum absolute atomic E-state index is 14.5. The molecule has 0 unspecified atom stereocenters. The van der Waals surface area contributed by atoms with Gasteiger partial charge in [0.25, 0.3) is 11.8 Å². The van der Waals surface area contributed by atoms with E-state index in [4.69, 9.17) is 21.1 Å². The Balaban J connectivity index is 1.31. The van der Waals surface area contributed by atoms with Gasteiger partial charge in [-0.2, -0.15) is 0 Å². The Morgan fingerprint density at radius 2 is 1.64 bits per heavy atom. The minimum Gasteiger partial charge on any atom is -0.483 e. The Morgan fingerprint density at radius 1 is 0.978 bits per heavy atom. The van der Waals surface area contributed by atoms with Crippen molar-refractivity contribution < 1.29 is 23.5 Å². The van der Waals surface area contributed by atoms with E-state index in [2.05, 4.69) is 5.32 Å². The first-order valence-corrected chi connectivity index (χ1v) is 15.2. The molecule has 1 aliphatic carbocycles. The fourth-order valence-electron chi connectivity index (χ4n) is 6.29. The van der Waals surface area contributed by atoms with E-state index in [9.17, 15) is 18.8 Å². The zero-order chi connectivity index (χ0) is 31.6. The molecule has 6 rings (SSSR count). The highest BCUT2D eigenvalue weighted by Gasteiger charge is 2.52. The number of benzene rings is 3. The van der Waals surface area contributed by atoms with Crippen molar-refractivity contribution >= 4 is 23.4 Å². The number of nitrogens with zero attached hydrogens (tertiary/aromatic N) is 2. The van der Waals surface area contributed by atoms with Crippen molar-refractivity contribution in [2.24, 2.45) is 5.92 Å². The average Bonchev–Trinajstić information content (AvgIpc) is 3.03. The van der Waals surface area contributed by atoms with Gasteiger partial charge in [-0.05, 0) is 36.0 Å². The molecule has 45 heavy (non-hydrogen) atoms. The SMILES string of the molecule is CN1C[C@]2(C[C@@H](COCc3ccccc3)C2)n2cc(C(=O)NCc3cccc(Cl)c3F)c(=O)c(OCc3ccccc3)c2C1=O. The summed E-state index contributed by atoms with van der Waals surface area (Å²) in [7, 11) is 1.71. The van der Waals surface area contributed by atoms with E-state index in [0.717, 1.165) is 11.1 Å². The van der Waals surface area contributed by atoms with Crippen LogP contribution in [0.1, 0.15) is 50.4 Å². The van der Waals surface area contributed by atoms with Crippen molar-refractivity contribution in [1.82, 2.24) is 14.8 Å². The van der Waals surface area contributed by atoms with Crippen LogP contribution in [0.3, 0.4) is 0 Å².